The number of piperidine rings is 1. The van der Waals surface area contributed by atoms with Gasteiger partial charge in [0.1, 0.15) is 0 Å². The Morgan fingerprint density at radius 3 is 2.53 bits per heavy atom. The van der Waals surface area contributed by atoms with Crippen LogP contribution in [0.2, 0.25) is 0 Å². The number of nitrogens with zero attached hydrogens (tertiary/aromatic N) is 1. The van der Waals surface area contributed by atoms with E-state index in [-0.39, 0.29) is 5.91 Å². The van der Waals surface area contributed by atoms with E-state index in [1.165, 1.54) is 0 Å². The van der Waals surface area contributed by atoms with Crippen molar-refractivity contribution in [3.05, 3.63) is 29.3 Å². The molecule has 0 bridgehead atoms. The fraction of sp³-hybridized carbons (Fsp3) is 0.562. The highest BCUT2D eigenvalue weighted by Gasteiger charge is 2.25. The molecule has 1 aromatic carbocycles. The van der Waals surface area contributed by atoms with Crippen LogP contribution in [0.3, 0.4) is 0 Å². The van der Waals surface area contributed by atoms with Gasteiger partial charge in [-0.3, -0.25) is 4.79 Å². The number of hydrogen-bond acceptors (Lipinski definition) is 2. The number of thiol groups is 1. The molecule has 0 aromatic heterocycles. The number of hydrogen-bond donors (Lipinski definition) is 1. The number of carbonyl (C=O) groups is 1. The lowest BCUT2D eigenvalue weighted by Crippen LogP contribution is -2.39. The molecule has 3 heteroatoms. The highest BCUT2D eigenvalue weighted by molar-refractivity contribution is 7.80. The normalized spacial score (nSPS) is 17.0. The van der Waals surface area contributed by atoms with Gasteiger partial charge in [0.15, 0.2) is 0 Å². The number of carbonyl (C=O) groups excluding carboxylic acids is 1. The van der Waals surface area contributed by atoms with Crippen molar-refractivity contribution in [3.63, 3.8) is 0 Å². The fourth-order valence-electron chi connectivity index (χ4n) is 2.78. The van der Waals surface area contributed by atoms with Crippen LogP contribution in [0.25, 0.3) is 0 Å². The molecule has 1 fully saturated rings. The Kier molecular flexibility index (Phi) is 4.56. The quantitative estimate of drug-likeness (QED) is 0.815. The van der Waals surface area contributed by atoms with Gasteiger partial charge in [-0.1, -0.05) is 19.9 Å². The van der Waals surface area contributed by atoms with Gasteiger partial charge in [0, 0.05) is 23.5 Å². The predicted octanol–water partition coefficient (Wildman–Crippen LogP) is 3.79. The third kappa shape index (κ3) is 3.33. The zero-order valence-corrected chi connectivity index (χ0v) is 12.9. The Labute approximate surface area is 121 Å². The number of rotatable bonds is 2. The summed E-state index contributed by atoms with van der Waals surface area (Å²) in [7, 11) is 0. The van der Waals surface area contributed by atoms with E-state index in [9.17, 15) is 4.79 Å². The Morgan fingerprint density at radius 2 is 1.95 bits per heavy atom. The van der Waals surface area contributed by atoms with Crippen molar-refractivity contribution in [2.45, 2.75) is 38.5 Å². The molecule has 0 N–H and O–H groups in total. The average Bonchev–Trinajstić information content (AvgIpc) is 2.41. The summed E-state index contributed by atoms with van der Waals surface area (Å²) in [6, 6.07) is 5.78. The lowest BCUT2D eigenvalue weighted by atomic mass is 9.86. The molecule has 1 aromatic rings. The first-order valence-corrected chi connectivity index (χ1v) is 7.52. The van der Waals surface area contributed by atoms with Crippen LogP contribution in [0.4, 0.5) is 0 Å². The van der Waals surface area contributed by atoms with E-state index in [1.807, 2.05) is 30.0 Å². The van der Waals surface area contributed by atoms with E-state index >= 15 is 0 Å². The molecule has 1 heterocycles. The summed E-state index contributed by atoms with van der Waals surface area (Å²) in [5, 5.41) is 0. The van der Waals surface area contributed by atoms with Crippen molar-refractivity contribution in [2.24, 2.45) is 11.8 Å². The fourth-order valence-corrected chi connectivity index (χ4v) is 2.98. The van der Waals surface area contributed by atoms with E-state index in [2.05, 4.69) is 26.5 Å². The summed E-state index contributed by atoms with van der Waals surface area (Å²) in [4.78, 5) is 15.4. The van der Waals surface area contributed by atoms with E-state index < -0.39 is 0 Å². The number of benzene rings is 1. The molecule has 104 valence electrons. The third-order valence-electron chi connectivity index (χ3n) is 4.22. The molecule has 0 radical (unpaired) electrons. The van der Waals surface area contributed by atoms with Gasteiger partial charge >= 0.3 is 0 Å². The minimum absolute atomic E-state index is 0.163. The molecule has 0 saturated carbocycles. The lowest BCUT2D eigenvalue weighted by Gasteiger charge is -2.34. The van der Waals surface area contributed by atoms with Crippen molar-refractivity contribution in [2.75, 3.05) is 13.1 Å². The Hall–Kier alpha value is -0.960. The minimum atomic E-state index is 0.163. The Balaban J connectivity index is 2.07. The van der Waals surface area contributed by atoms with Crippen LogP contribution in [0.15, 0.2) is 23.1 Å². The second kappa shape index (κ2) is 6.00. The van der Waals surface area contributed by atoms with Crippen LogP contribution in [0.5, 0.6) is 0 Å². The first-order chi connectivity index (χ1) is 8.99. The Bertz CT molecular complexity index is 462. The molecule has 0 unspecified atom stereocenters. The summed E-state index contributed by atoms with van der Waals surface area (Å²) >= 11 is 4.33. The first-order valence-electron chi connectivity index (χ1n) is 7.08. The van der Waals surface area contributed by atoms with Gasteiger partial charge in [-0.25, -0.2) is 0 Å². The minimum Gasteiger partial charge on any atom is -0.339 e. The summed E-state index contributed by atoms with van der Waals surface area (Å²) < 4.78 is 0. The first kappa shape index (κ1) is 14.4. The van der Waals surface area contributed by atoms with Gasteiger partial charge < -0.3 is 4.90 Å². The van der Waals surface area contributed by atoms with Gasteiger partial charge in [0.05, 0.1) is 0 Å². The molecule has 1 amide bonds. The summed E-state index contributed by atoms with van der Waals surface area (Å²) in [5.74, 6) is 1.65. The molecule has 1 aliphatic rings. The zero-order valence-electron chi connectivity index (χ0n) is 12.0. The third-order valence-corrected chi connectivity index (χ3v) is 4.50. The second-order valence-corrected chi connectivity index (χ2v) is 6.39. The highest BCUT2D eigenvalue weighted by atomic mass is 32.1. The van der Waals surface area contributed by atoms with Crippen molar-refractivity contribution >= 4 is 18.5 Å². The van der Waals surface area contributed by atoms with Gasteiger partial charge in [-0.05, 0) is 49.3 Å². The largest absolute Gasteiger partial charge is 0.339 e. The van der Waals surface area contributed by atoms with E-state index in [0.717, 1.165) is 53.8 Å². The van der Waals surface area contributed by atoms with Crippen LogP contribution < -0.4 is 0 Å². The average molecular weight is 277 g/mol. The molecule has 2 rings (SSSR count). The van der Waals surface area contributed by atoms with Crippen molar-refractivity contribution < 1.29 is 4.79 Å². The van der Waals surface area contributed by atoms with Crippen molar-refractivity contribution in [1.29, 1.82) is 0 Å². The highest BCUT2D eigenvalue weighted by Crippen LogP contribution is 2.26. The SMILES string of the molecule is Cc1ccc(S)cc1C(=O)N1CCC(C(C)C)CC1. The topological polar surface area (TPSA) is 20.3 Å². The van der Waals surface area contributed by atoms with Crippen LogP contribution in [0.1, 0.15) is 42.6 Å². The Morgan fingerprint density at radius 1 is 1.32 bits per heavy atom. The number of likely N-dealkylation sites (tertiary alicyclic amines) is 1. The maximum absolute atomic E-state index is 12.5. The van der Waals surface area contributed by atoms with Crippen LogP contribution in [-0.4, -0.2) is 23.9 Å². The second-order valence-electron chi connectivity index (χ2n) is 5.87. The van der Waals surface area contributed by atoms with Crippen LogP contribution in [0, 0.1) is 18.8 Å². The molecule has 1 aliphatic heterocycles. The molecule has 0 aliphatic carbocycles. The number of amides is 1. The zero-order chi connectivity index (χ0) is 14.0. The molecular weight excluding hydrogens is 254 g/mol. The monoisotopic (exact) mass is 277 g/mol. The van der Waals surface area contributed by atoms with E-state index in [4.69, 9.17) is 0 Å². The maximum Gasteiger partial charge on any atom is 0.254 e. The molecule has 1 saturated heterocycles. The van der Waals surface area contributed by atoms with E-state index in [1.54, 1.807) is 0 Å². The summed E-state index contributed by atoms with van der Waals surface area (Å²) in [6.45, 7) is 8.31. The molecule has 0 atom stereocenters. The van der Waals surface area contributed by atoms with Gasteiger partial charge in [0.2, 0.25) is 0 Å². The van der Waals surface area contributed by atoms with Crippen LogP contribution >= 0.6 is 12.6 Å². The van der Waals surface area contributed by atoms with Crippen LogP contribution in [-0.2, 0) is 0 Å². The van der Waals surface area contributed by atoms with Gasteiger partial charge in [-0.2, -0.15) is 0 Å². The van der Waals surface area contributed by atoms with Gasteiger partial charge in [0.25, 0.3) is 5.91 Å². The van der Waals surface area contributed by atoms with E-state index in [0.29, 0.717) is 0 Å². The van der Waals surface area contributed by atoms with Crippen molar-refractivity contribution in [1.82, 2.24) is 4.90 Å². The maximum atomic E-state index is 12.5. The standard InChI is InChI=1S/C16H23NOS/c1-11(2)13-6-8-17(9-7-13)16(18)15-10-14(19)5-4-12(15)3/h4-5,10-11,13,19H,6-9H2,1-3H3. The number of aryl methyl sites for hydroxylation is 1. The molecule has 19 heavy (non-hydrogen) atoms. The van der Waals surface area contributed by atoms with Gasteiger partial charge in [-0.15, -0.1) is 12.6 Å². The van der Waals surface area contributed by atoms with Crippen molar-refractivity contribution in [3.8, 4) is 0 Å². The smallest absolute Gasteiger partial charge is 0.254 e. The summed E-state index contributed by atoms with van der Waals surface area (Å²) in [6.07, 6.45) is 2.26. The molecule has 2 nitrogen and oxygen atoms in total. The predicted molar refractivity (Wildman–Crippen MR) is 81.9 cm³/mol. The lowest BCUT2D eigenvalue weighted by molar-refractivity contribution is 0.0666. The summed E-state index contributed by atoms with van der Waals surface area (Å²) in [5.41, 5.74) is 1.84. The molecule has 0 spiro atoms. The molecular formula is C16H23NOS.